The summed E-state index contributed by atoms with van der Waals surface area (Å²) in [4.78, 5) is 0. The first-order valence-corrected chi connectivity index (χ1v) is 8.18. The highest BCUT2D eigenvalue weighted by atomic mass is 32.2. The lowest BCUT2D eigenvalue weighted by Crippen LogP contribution is -2.35. The summed E-state index contributed by atoms with van der Waals surface area (Å²) >= 11 is 0. The van der Waals surface area contributed by atoms with Crippen LogP contribution in [0.15, 0.2) is 0 Å². The third kappa shape index (κ3) is 10.4. The van der Waals surface area contributed by atoms with E-state index in [1.807, 2.05) is 0 Å². The molecule has 0 unspecified atom stereocenters. The molecule has 0 atom stereocenters. The molecule has 0 saturated heterocycles. The van der Waals surface area contributed by atoms with E-state index in [0.29, 0.717) is 24.4 Å². The summed E-state index contributed by atoms with van der Waals surface area (Å²) < 4.78 is 22.0. The van der Waals surface area contributed by atoms with Gasteiger partial charge in [-0.25, -0.2) is 8.42 Å². The molecule has 16 heavy (non-hydrogen) atoms. The van der Waals surface area contributed by atoms with E-state index in [9.17, 15) is 8.42 Å². The first-order valence-electron chi connectivity index (χ1n) is 6.11. The van der Waals surface area contributed by atoms with Crippen molar-refractivity contribution in [1.82, 2.24) is 5.32 Å². The normalized spacial score (nSPS) is 13.0. The minimum absolute atomic E-state index is 0.236. The van der Waals surface area contributed by atoms with Gasteiger partial charge in [0.15, 0.2) is 0 Å². The molecular weight excluding hydrogens is 222 g/mol. The average molecular weight is 249 g/mol. The lowest BCUT2D eigenvalue weighted by molar-refractivity contribution is 0.366. The molecular formula is C12H27NO2S. The van der Waals surface area contributed by atoms with Crippen molar-refractivity contribution in [2.24, 2.45) is 11.8 Å². The second kappa shape index (κ2) is 7.28. The third-order valence-corrected chi connectivity index (χ3v) is 3.36. The minimum Gasteiger partial charge on any atom is -0.313 e. The van der Waals surface area contributed by atoms with Crippen molar-refractivity contribution in [1.29, 1.82) is 0 Å². The summed E-state index contributed by atoms with van der Waals surface area (Å²) in [5.41, 5.74) is 0. The van der Waals surface area contributed by atoms with Crippen molar-refractivity contribution in [2.75, 3.05) is 18.6 Å². The quantitative estimate of drug-likeness (QED) is 0.716. The highest BCUT2D eigenvalue weighted by molar-refractivity contribution is 7.90. The molecule has 0 aromatic carbocycles. The lowest BCUT2D eigenvalue weighted by Gasteiger charge is -2.22. The van der Waals surface area contributed by atoms with Gasteiger partial charge in [-0.05, 0) is 24.7 Å². The van der Waals surface area contributed by atoms with E-state index in [0.717, 1.165) is 12.8 Å². The van der Waals surface area contributed by atoms with Crippen molar-refractivity contribution >= 4 is 9.84 Å². The molecule has 0 bridgehead atoms. The van der Waals surface area contributed by atoms with E-state index in [1.165, 1.54) is 6.26 Å². The first-order chi connectivity index (χ1) is 7.20. The third-order valence-electron chi connectivity index (χ3n) is 2.42. The molecule has 0 amide bonds. The fourth-order valence-electron chi connectivity index (χ4n) is 1.85. The maximum Gasteiger partial charge on any atom is 0.148 e. The molecule has 0 aliphatic heterocycles. The molecule has 0 heterocycles. The second-order valence-electron chi connectivity index (χ2n) is 5.54. The number of sulfone groups is 1. The largest absolute Gasteiger partial charge is 0.313 e. The maximum atomic E-state index is 11.0. The van der Waals surface area contributed by atoms with Gasteiger partial charge in [0.25, 0.3) is 0 Å². The van der Waals surface area contributed by atoms with Crippen LogP contribution >= 0.6 is 0 Å². The monoisotopic (exact) mass is 249 g/mol. The predicted octanol–water partition coefficient (Wildman–Crippen LogP) is 2.08. The highest BCUT2D eigenvalue weighted by Gasteiger charge is 2.13. The Morgan fingerprint density at radius 3 is 1.75 bits per heavy atom. The zero-order chi connectivity index (χ0) is 12.8. The number of hydrogen-bond acceptors (Lipinski definition) is 3. The predicted molar refractivity (Wildman–Crippen MR) is 70.4 cm³/mol. The van der Waals surface area contributed by atoms with Crippen LogP contribution in [0.25, 0.3) is 0 Å². The van der Waals surface area contributed by atoms with E-state index in [1.54, 1.807) is 0 Å². The summed E-state index contributed by atoms with van der Waals surface area (Å²) in [6.07, 6.45) is 3.51. The fraction of sp³-hybridized carbons (Fsp3) is 1.00. The van der Waals surface area contributed by atoms with Gasteiger partial charge >= 0.3 is 0 Å². The van der Waals surface area contributed by atoms with Crippen molar-refractivity contribution in [2.45, 2.75) is 46.6 Å². The molecule has 0 aliphatic carbocycles. The summed E-state index contributed by atoms with van der Waals surface area (Å²) in [6, 6.07) is 0.446. The van der Waals surface area contributed by atoms with Crippen molar-refractivity contribution < 1.29 is 8.42 Å². The zero-order valence-electron chi connectivity index (χ0n) is 11.3. The summed E-state index contributed by atoms with van der Waals surface area (Å²) in [6.45, 7) is 9.37. The SMILES string of the molecule is CC(C)CC(CC(C)C)NCCS(C)(=O)=O. The molecule has 1 N–H and O–H groups in total. The number of hydrogen-bond donors (Lipinski definition) is 1. The van der Waals surface area contributed by atoms with Crippen LogP contribution in [-0.2, 0) is 9.84 Å². The van der Waals surface area contributed by atoms with Crippen molar-refractivity contribution in [3.05, 3.63) is 0 Å². The number of rotatable bonds is 8. The molecule has 0 aromatic heterocycles. The van der Waals surface area contributed by atoms with Crippen LogP contribution in [0, 0.1) is 11.8 Å². The second-order valence-corrected chi connectivity index (χ2v) is 7.80. The van der Waals surface area contributed by atoms with E-state index in [-0.39, 0.29) is 5.75 Å². The van der Waals surface area contributed by atoms with Crippen LogP contribution in [0.2, 0.25) is 0 Å². The van der Waals surface area contributed by atoms with Crippen LogP contribution in [0.4, 0.5) is 0 Å². The Morgan fingerprint density at radius 2 is 1.44 bits per heavy atom. The molecule has 0 aliphatic rings. The van der Waals surface area contributed by atoms with Gasteiger partial charge in [-0.2, -0.15) is 0 Å². The number of nitrogens with one attached hydrogen (secondary N) is 1. The van der Waals surface area contributed by atoms with Gasteiger partial charge in [0.05, 0.1) is 5.75 Å². The van der Waals surface area contributed by atoms with Crippen LogP contribution in [0.1, 0.15) is 40.5 Å². The molecule has 4 heteroatoms. The Hall–Kier alpha value is -0.0900. The molecule has 0 spiro atoms. The van der Waals surface area contributed by atoms with Crippen molar-refractivity contribution in [3.63, 3.8) is 0 Å². The Labute approximate surface area is 101 Å². The van der Waals surface area contributed by atoms with Gasteiger partial charge in [0.1, 0.15) is 9.84 Å². The topological polar surface area (TPSA) is 46.2 Å². The lowest BCUT2D eigenvalue weighted by atomic mass is 9.96. The Kier molecular flexibility index (Phi) is 7.24. The Balaban J connectivity index is 4.01. The smallest absolute Gasteiger partial charge is 0.148 e. The zero-order valence-corrected chi connectivity index (χ0v) is 12.1. The van der Waals surface area contributed by atoms with Gasteiger partial charge < -0.3 is 5.32 Å². The van der Waals surface area contributed by atoms with Gasteiger partial charge in [-0.1, -0.05) is 27.7 Å². The molecule has 0 radical (unpaired) electrons. The maximum absolute atomic E-state index is 11.0. The highest BCUT2D eigenvalue weighted by Crippen LogP contribution is 2.12. The standard InChI is InChI=1S/C12H27NO2S/c1-10(2)8-12(9-11(3)4)13-6-7-16(5,14)15/h10-13H,6-9H2,1-5H3. The Bertz CT molecular complexity index is 261. The van der Waals surface area contributed by atoms with Crippen molar-refractivity contribution in [3.8, 4) is 0 Å². The molecule has 0 fully saturated rings. The van der Waals surface area contributed by atoms with Crippen LogP contribution in [-0.4, -0.2) is 33.0 Å². The average Bonchev–Trinajstić information content (AvgIpc) is 1.98. The van der Waals surface area contributed by atoms with E-state index in [2.05, 4.69) is 33.0 Å². The van der Waals surface area contributed by atoms with E-state index in [4.69, 9.17) is 0 Å². The Morgan fingerprint density at radius 1 is 1.00 bits per heavy atom. The van der Waals surface area contributed by atoms with E-state index >= 15 is 0 Å². The molecule has 0 rings (SSSR count). The fourth-order valence-corrected chi connectivity index (χ4v) is 2.34. The van der Waals surface area contributed by atoms with Crippen LogP contribution in [0.3, 0.4) is 0 Å². The van der Waals surface area contributed by atoms with Gasteiger partial charge in [0.2, 0.25) is 0 Å². The molecule has 0 aromatic rings. The van der Waals surface area contributed by atoms with Gasteiger partial charge in [-0.3, -0.25) is 0 Å². The molecule has 0 saturated carbocycles. The van der Waals surface area contributed by atoms with Crippen LogP contribution in [0.5, 0.6) is 0 Å². The van der Waals surface area contributed by atoms with Gasteiger partial charge in [-0.15, -0.1) is 0 Å². The molecule has 3 nitrogen and oxygen atoms in total. The summed E-state index contributed by atoms with van der Waals surface area (Å²) in [5, 5.41) is 3.36. The summed E-state index contributed by atoms with van der Waals surface area (Å²) in [5.74, 6) is 1.53. The van der Waals surface area contributed by atoms with Crippen LogP contribution < -0.4 is 5.32 Å². The summed E-state index contributed by atoms with van der Waals surface area (Å²) in [7, 11) is -2.84. The first kappa shape index (κ1) is 15.9. The minimum atomic E-state index is -2.84. The van der Waals surface area contributed by atoms with E-state index < -0.39 is 9.84 Å². The van der Waals surface area contributed by atoms with Gasteiger partial charge in [0, 0.05) is 18.8 Å². The molecule has 98 valence electrons.